The fourth-order valence-corrected chi connectivity index (χ4v) is 2.72. The Morgan fingerprint density at radius 2 is 2.03 bits per heavy atom. The van der Waals surface area contributed by atoms with Crippen LogP contribution in [0.1, 0.15) is 12.3 Å². The molecule has 0 saturated heterocycles. The average molecular weight is 390 g/mol. The zero-order chi connectivity index (χ0) is 20.1. The van der Waals surface area contributed by atoms with Crippen molar-refractivity contribution >= 4 is 11.6 Å². The molecule has 29 heavy (non-hydrogen) atoms. The molecule has 0 atom stereocenters. The predicted molar refractivity (Wildman–Crippen MR) is 105 cm³/mol. The van der Waals surface area contributed by atoms with E-state index < -0.39 is 0 Å². The smallest absolute Gasteiger partial charge is 0.227 e. The summed E-state index contributed by atoms with van der Waals surface area (Å²) in [6.07, 6.45) is 5.57. The van der Waals surface area contributed by atoms with Crippen molar-refractivity contribution in [2.45, 2.75) is 12.8 Å². The molecule has 4 rings (SSSR count). The lowest BCUT2D eigenvalue weighted by molar-refractivity contribution is -0.116. The quantitative estimate of drug-likeness (QED) is 0.517. The molecule has 3 aromatic heterocycles. The van der Waals surface area contributed by atoms with Crippen LogP contribution in [0.15, 0.2) is 65.6 Å². The topological polar surface area (TPSA) is 108 Å². The van der Waals surface area contributed by atoms with Crippen LogP contribution in [0.2, 0.25) is 0 Å². The van der Waals surface area contributed by atoms with Crippen LogP contribution in [0.25, 0.3) is 17.2 Å². The Morgan fingerprint density at radius 3 is 2.79 bits per heavy atom. The highest BCUT2D eigenvalue weighted by molar-refractivity contribution is 5.92. The summed E-state index contributed by atoms with van der Waals surface area (Å²) < 4.78 is 12.0. The van der Waals surface area contributed by atoms with E-state index >= 15 is 0 Å². The molecule has 0 aliphatic heterocycles. The van der Waals surface area contributed by atoms with E-state index in [4.69, 9.17) is 9.26 Å². The van der Waals surface area contributed by atoms with Gasteiger partial charge in [-0.15, -0.1) is 0 Å². The highest BCUT2D eigenvalue weighted by Crippen LogP contribution is 2.20. The Hall–Kier alpha value is -4.01. The molecular formula is C20H18N6O3. The summed E-state index contributed by atoms with van der Waals surface area (Å²) >= 11 is 0. The number of hydrogen-bond acceptors (Lipinski definition) is 7. The lowest BCUT2D eigenvalue weighted by Gasteiger charge is -2.09. The number of aryl methyl sites for hydroxylation is 1. The van der Waals surface area contributed by atoms with Crippen LogP contribution >= 0.6 is 0 Å². The third-order valence-electron chi connectivity index (χ3n) is 4.16. The molecule has 0 saturated carbocycles. The number of anilines is 1. The molecule has 3 heterocycles. The highest BCUT2D eigenvalue weighted by Gasteiger charge is 2.13. The summed E-state index contributed by atoms with van der Waals surface area (Å²) in [5.74, 6) is 1.97. The lowest BCUT2D eigenvalue weighted by atomic mass is 10.2. The van der Waals surface area contributed by atoms with Crippen LogP contribution in [0, 0.1) is 0 Å². The molecule has 0 unspecified atom stereocenters. The Morgan fingerprint density at radius 1 is 1.17 bits per heavy atom. The lowest BCUT2D eigenvalue weighted by Crippen LogP contribution is -2.15. The second kappa shape index (κ2) is 8.34. The summed E-state index contributed by atoms with van der Waals surface area (Å²) in [5, 5.41) is 11.0. The van der Waals surface area contributed by atoms with E-state index in [9.17, 15) is 4.79 Å². The van der Waals surface area contributed by atoms with E-state index in [0.29, 0.717) is 29.6 Å². The molecule has 0 aliphatic carbocycles. The van der Waals surface area contributed by atoms with Crippen LogP contribution in [0.4, 0.5) is 5.69 Å². The molecule has 1 aromatic carbocycles. The molecule has 1 N–H and O–H groups in total. The van der Waals surface area contributed by atoms with Gasteiger partial charge in [0.2, 0.25) is 17.6 Å². The van der Waals surface area contributed by atoms with E-state index in [1.165, 1.54) is 0 Å². The van der Waals surface area contributed by atoms with Gasteiger partial charge in [-0.2, -0.15) is 10.1 Å². The fraction of sp³-hybridized carbons (Fsp3) is 0.150. The molecule has 1 amide bonds. The molecule has 4 aromatic rings. The maximum absolute atomic E-state index is 12.4. The number of nitrogens with one attached hydrogen (secondary N) is 1. The number of carbonyl (C=O) groups excluding carboxylic acids is 1. The van der Waals surface area contributed by atoms with E-state index in [2.05, 4.69) is 25.5 Å². The summed E-state index contributed by atoms with van der Waals surface area (Å²) in [7, 11) is 1.61. The zero-order valence-corrected chi connectivity index (χ0v) is 15.6. The number of methoxy groups -OCH3 is 1. The van der Waals surface area contributed by atoms with Crippen LogP contribution < -0.4 is 10.1 Å². The summed E-state index contributed by atoms with van der Waals surface area (Å²) in [4.78, 5) is 21.0. The SMILES string of the molecule is COc1ccc(-c2noc(CCC(=O)Nc3cccnc3-n3cccn3)n2)cc1. The number of benzene rings is 1. The van der Waals surface area contributed by atoms with Crippen molar-refractivity contribution in [3.05, 3.63) is 66.9 Å². The van der Waals surface area contributed by atoms with Gasteiger partial charge in [0.15, 0.2) is 5.82 Å². The van der Waals surface area contributed by atoms with Crippen molar-refractivity contribution in [3.8, 4) is 23.0 Å². The normalized spacial score (nSPS) is 10.7. The summed E-state index contributed by atoms with van der Waals surface area (Å²) in [5.41, 5.74) is 1.38. The van der Waals surface area contributed by atoms with Crippen LogP contribution in [0.3, 0.4) is 0 Å². The van der Waals surface area contributed by atoms with Crippen molar-refractivity contribution in [3.63, 3.8) is 0 Å². The molecule has 0 fully saturated rings. The van der Waals surface area contributed by atoms with Crippen LogP contribution in [-0.2, 0) is 11.2 Å². The van der Waals surface area contributed by atoms with Crippen molar-refractivity contribution in [2.24, 2.45) is 0 Å². The molecule has 9 heteroatoms. The number of aromatic nitrogens is 5. The first-order valence-electron chi connectivity index (χ1n) is 8.95. The third kappa shape index (κ3) is 4.29. The zero-order valence-electron chi connectivity index (χ0n) is 15.6. The van der Waals surface area contributed by atoms with Gasteiger partial charge in [-0.1, -0.05) is 5.16 Å². The third-order valence-corrected chi connectivity index (χ3v) is 4.16. The second-order valence-electron chi connectivity index (χ2n) is 6.11. The number of amides is 1. The maximum Gasteiger partial charge on any atom is 0.227 e. The molecule has 9 nitrogen and oxygen atoms in total. The molecular weight excluding hydrogens is 372 g/mol. The maximum atomic E-state index is 12.4. The van der Waals surface area contributed by atoms with Crippen molar-refractivity contribution < 1.29 is 14.1 Å². The number of hydrogen-bond donors (Lipinski definition) is 1. The van der Waals surface area contributed by atoms with Crippen molar-refractivity contribution in [2.75, 3.05) is 12.4 Å². The minimum atomic E-state index is -0.185. The van der Waals surface area contributed by atoms with Crippen LogP contribution in [0.5, 0.6) is 5.75 Å². The fourth-order valence-electron chi connectivity index (χ4n) is 2.72. The number of rotatable bonds is 7. The largest absolute Gasteiger partial charge is 0.497 e. The molecule has 0 bridgehead atoms. The van der Waals surface area contributed by atoms with E-state index in [1.54, 1.807) is 48.6 Å². The van der Waals surface area contributed by atoms with Gasteiger partial charge in [0.1, 0.15) is 5.75 Å². The van der Waals surface area contributed by atoms with Gasteiger partial charge in [0.05, 0.1) is 12.8 Å². The molecule has 0 aliphatic rings. The van der Waals surface area contributed by atoms with Crippen molar-refractivity contribution in [1.82, 2.24) is 24.9 Å². The first-order valence-corrected chi connectivity index (χ1v) is 8.95. The Kier molecular flexibility index (Phi) is 5.28. The standard InChI is InChI=1S/C20H18N6O3/c1-28-15-7-5-14(6-8-15)19-24-18(29-25-19)10-9-17(27)23-16-4-2-11-21-20(16)26-13-3-12-22-26/h2-8,11-13H,9-10H2,1H3,(H,23,27). The van der Waals surface area contributed by atoms with Gasteiger partial charge < -0.3 is 14.6 Å². The average Bonchev–Trinajstić information content (AvgIpc) is 3.45. The van der Waals surface area contributed by atoms with Gasteiger partial charge in [0.25, 0.3) is 0 Å². The van der Waals surface area contributed by atoms with Gasteiger partial charge in [-0.25, -0.2) is 9.67 Å². The minimum absolute atomic E-state index is 0.185. The number of pyridine rings is 1. The van der Waals surface area contributed by atoms with Gasteiger partial charge in [-0.3, -0.25) is 4.79 Å². The summed E-state index contributed by atoms with van der Waals surface area (Å²) in [6.45, 7) is 0. The van der Waals surface area contributed by atoms with Gasteiger partial charge in [-0.05, 0) is 42.5 Å². The molecule has 146 valence electrons. The number of ether oxygens (including phenoxy) is 1. The Labute approximate surface area is 166 Å². The van der Waals surface area contributed by atoms with Crippen LogP contribution in [-0.4, -0.2) is 37.9 Å². The Bertz CT molecular complexity index is 1090. The highest BCUT2D eigenvalue weighted by atomic mass is 16.5. The van der Waals surface area contributed by atoms with E-state index in [0.717, 1.165) is 11.3 Å². The first kappa shape index (κ1) is 18.4. The van der Waals surface area contributed by atoms with Gasteiger partial charge in [0, 0.05) is 37.0 Å². The molecule has 0 spiro atoms. The summed E-state index contributed by atoms with van der Waals surface area (Å²) in [6, 6.07) is 12.7. The van der Waals surface area contributed by atoms with E-state index in [1.807, 2.05) is 24.3 Å². The monoisotopic (exact) mass is 390 g/mol. The number of carbonyl (C=O) groups is 1. The Balaban J connectivity index is 1.38. The minimum Gasteiger partial charge on any atom is -0.497 e. The van der Waals surface area contributed by atoms with E-state index in [-0.39, 0.29) is 12.3 Å². The number of nitrogens with zero attached hydrogens (tertiary/aromatic N) is 5. The predicted octanol–water partition coefficient (Wildman–Crippen LogP) is 2.90. The molecule has 0 radical (unpaired) electrons. The van der Waals surface area contributed by atoms with Gasteiger partial charge >= 0.3 is 0 Å². The first-order chi connectivity index (χ1) is 14.2. The second-order valence-corrected chi connectivity index (χ2v) is 6.11. The van der Waals surface area contributed by atoms with Crippen molar-refractivity contribution in [1.29, 1.82) is 0 Å².